The monoisotopic (exact) mass is 340 g/mol. The Balaban J connectivity index is 1.69. The number of unbranched alkanes of at least 4 members (excludes halogenated alkanes) is 3. The summed E-state index contributed by atoms with van der Waals surface area (Å²) in [6.45, 7) is 11.6. The first-order chi connectivity index (χ1) is 11.8. The molecule has 3 fully saturated rings. The summed E-state index contributed by atoms with van der Waals surface area (Å²) in [5.74, 6) is 1.95. The first kappa shape index (κ1) is 18.7. The van der Waals surface area contributed by atoms with Gasteiger partial charge in [0.1, 0.15) is 5.78 Å². The maximum absolute atomic E-state index is 12.4. The van der Waals surface area contributed by atoms with Crippen LogP contribution in [0.5, 0.6) is 0 Å². The normalized spacial score (nSPS) is 27.9. The minimum absolute atomic E-state index is 0.206. The molecule has 3 aliphatic rings. The molecule has 2 bridgehead atoms. The quantitative estimate of drug-likeness (QED) is 0.508. The molecule has 0 heterocycles. The minimum atomic E-state index is 0.206. The molecule has 0 amide bonds. The van der Waals surface area contributed by atoms with E-state index in [4.69, 9.17) is 0 Å². The van der Waals surface area contributed by atoms with E-state index in [9.17, 15) is 4.79 Å². The van der Waals surface area contributed by atoms with Gasteiger partial charge < -0.3 is 0 Å². The predicted molar refractivity (Wildman–Crippen MR) is 106 cm³/mol. The smallest absolute Gasteiger partial charge is 0.137 e. The van der Waals surface area contributed by atoms with E-state index < -0.39 is 0 Å². The third-order valence-electron chi connectivity index (χ3n) is 7.41. The minimum Gasteiger partial charge on any atom is -0.299 e. The van der Waals surface area contributed by atoms with Crippen molar-refractivity contribution in [2.45, 2.75) is 90.9 Å². The number of Topliss-reactive ketones (excluding diaryl/α,β-unsaturated/α-hetero) is 1. The average Bonchev–Trinajstić information content (AvgIpc) is 2.58. The molecule has 2 unspecified atom stereocenters. The van der Waals surface area contributed by atoms with E-state index in [1.54, 1.807) is 0 Å². The van der Waals surface area contributed by atoms with E-state index in [0.717, 1.165) is 12.8 Å². The summed E-state index contributed by atoms with van der Waals surface area (Å²) >= 11 is 0. The van der Waals surface area contributed by atoms with Crippen LogP contribution in [0.4, 0.5) is 0 Å². The van der Waals surface area contributed by atoms with E-state index in [2.05, 4.69) is 58.9 Å². The van der Waals surface area contributed by atoms with Crippen LogP contribution >= 0.6 is 0 Å². The molecule has 0 N–H and O–H groups in total. The summed E-state index contributed by atoms with van der Waals surface area (Å²) in [4.78, 5) is 12.4. The number of carbonyl (C=O) groups excluding carboxylic acids is 1. The Hall–Kier alpha value is -1.11. The lowest BCUT2D eigenvalue weighted by Gasteiger charge is -2.59. The number of hydrogen-bond donors (Lipinski definition) is 0. The Morgan fingerprint density at radius 2 is 1.76 bits per heavy atom. The lowest BCUT2D eigenvalue weighted by Crippen LogP contribution is -2.56. The Morgan fingerprint density at radius 3 is 2.32 bits per heavy atom. The van der Waals surface area contributed by atoms with Crippen molar-refractivity contribution >= 4 is 5.78 Å². The second-order valence-corrected chi connectivity index (χ2v) is 9.81. The molecule has 3 atom stereocenters. The standard InChI is InChI=1S/C24H36O/c1-6-7-8-9-14-23(2,3)18-12-10-17(11-13-18)19-15-22(25)21-16-20(19)24(21,4)5/h10-13,19-21H,6-9,14-16H2,1-5H3/t19-,20?,21?/m1/s1. The number of benzene rings is 1. The van der Waals surface area contributed by atoms with Crippen molar-refractivity contribution in [3.05, 3.63) is 35.4 Å². The summed E-state index contributed by atoms with van der Waals surface area (Å²) in [7, 11) is 0. The van der Waals surface area contributed by atoms with E-state index in [1.807, 2.05) is 0 Å². The van der Waals surface area contributed by atoms with E-state index in [1.165, 1.54) is 43.2 Å². The van der Waals surface area contributed by atoms with Crippen molar-refractivity contribution in [3.8, 4) is 0 Å². The molecule has 1 aromatic rings. The van der Waals surface area contributed by atoms with Crippen LogP contribution < -0.4 is 0 Å². The third kappa shape index (κ3) is 3.44. The predicted octanol–water partition coefficient (Wildman–Crippen LogP) is 6.65. The van der Waals surface area contributed by atoms with Crippen LogP contribution in [-0.2, 0) is 10.2 Å². The van der Waals surface area contributed by atoms with Crippen LogP contribution in [0.25, 0.3) is 0 Å². The van der Waals surface area contributed by atoms with Gasteiger partial charge in [-0.25, -0.2) is 0 Å². The highest BCUT2D eigenvalue weighted by molar-refractivity contribution is 5.85. The van der Waals surface area contributed by atoms with Crippen LogP contribution in [0.2, 0.25) is 0 Å². The summed E-state index contributed by atoms with van der Waals surface area (Å²) in [6.07, 6.45) is 8.44. The summed E-state index contributed by atoms with van der Waals surface area (Å²) < 4.78 is 0. The van der Waals surface area contributed by atoms with Gasteiger partial charge in [0.15, 0.2) is 0 Å². The maximum Gasteiger partial charge on any atom is 0.137 e. The SMILES string of the molecule is CCCCCCC(C)(C)c1ccc([C@H]2CC(=O)C3CC2C3(C)C)cc1. The first-order valence-corrected chi connectivity index (χ1v) is 10.4. The molecule has 1 nitrogen and oxygen atoms in total. The highest BCUT2D eigenvalue weighted by Crippen LogP contribution is 2.62. The van der Waals surface area contributed by atoms with Gasteiger partial charge in [-0.05, 0) is 46.6 Å². The van der Waals surface area contributed by atoms with E-state index in [0.29, 0.717) is 23.5 Å². The van der Waals surface area contributed by atoms with Crippen LogP contribution in [0.15, 0.2) is 24.3 Å². The fourth-order valence-corrected chi connectivity index (χ4v) is 5.36. The fraction of sp³-hybridized carbons (Fsp3) is 0.708. The molecule has 3 saturated carbocycles. The first-order valence-electron chi connectivity index (χ1n) is 10.4. The Bertz CT molecular complexity index is 607. The molecule has 0 radical (unpaired) electrons. The molecule has 0 aliphatic heterocycles. The number of fused-ring (bicyclic) bond motifs is 2. The summed E-state index contributed by atoms with van der Waals surface area (Å²) in [5.41, 5.74) is 3.28. The molecule has 0 aromatic heterocycles. The molecule has 4 rings (SSSR count). The van der Waals surface area contributed by atoms with Gasteiger partial charge >= 0.3 is 0 Å². The van der Waals surface area contributed by atoms with Crippen LogP contribution in [0, 0.1) is 17.3 Å². The van der Waals surface area contributed by atoms with Crippen molar-refractivity contribution in [2.75, 3.05) is 0 Å². The molecular formula is C24H36O. The number of hydrogen-bond acceptors (Lipinski definition) is 1. The van der Waals surface area contributed by atoms with E-state index in [-0.39, 0.29) is 10.8 Å². The zero-order chi connectivity index (χ0) is 18.2. The van der Waals surface area contributed by atoms with Crippen molar-refractivity contribution in [1.82, 2.24) is 0 Å². The van der Waals surface area contributed by atoms with Gasteiger partial charge in [-0.15, -0.1) is 0 Å². The van der Waals surface area contributed by atoms with Crippen molar-refractivity contribution in [1.29, 1.82) is 0 Å². The molecule has 3 aliphatic carbocycles. The van der Waals surface area contributed by atoms with Crippen molar-refractivity contribution in [2.24, 2.45) is 17.3 Å². The average molecular weight is 341 g/mol. The van der Waals surface area contributed by atoms with Gasteiger partial charge in [-0.2, -0.15) is 0 Å². The van der Waals surface area contributed by atoms with Crippen molar-refractivity contribution < 1.29 is 4.79 Å². The maximum atomic E-state index is 12.4. The lowest BCUT2D eigenvalue weighted by molar-refractivity contribution is -0.151. The van der Waals surface area contributed by atoms with Gasteiger partial charge in [-0.3, -0.25) is 4.79 Å². The molecule has 1 heteroatoms. The Morgan fingerprint density at radius 1 is 1.08 bits per heavy atom. The molecule has 1 aromatic carbocycles. The summed E-state index contributed by atoms with van der Waals surface area (Å²) in [6, 6.07) is 9.29. The van der Waals surface area contributed by atoms with Gasteiger partial charge in [0.2, 0.25) is 0 Å². The van der Waals surface area contributed by atoms with E-state index >= 15 is 0 Å². The third-order valence-corrected chi connectivity index (χ3v) is 7.41. The Labute approximate surface area is 154 Å². The van der Waals surface area contributed by atoms with Crippen LogP contribution in [-0.4, -0.2) is 5.78 Å². The largest absolute Gasteiger partial charge is 0.299 e. The van der Waals surface area contributed by atoms with Gasteiger partial charge in [-0.1, -0.05) is 84.6 Å². The van der Waals surface area contributed by atoms with Gasteiger partial charge in [0, 0.05) is 12.3 Å². The highest BCUT2D eigenvalue weighted by atomic mass is 16.1. The molecule has 138 valence electrons. The van der Waals surface area contributed by atoms with Crippen LogP contribution in [0.1, 0.15) is 96.6 Å². The lowest BCUT2D eigenvalue weighted by atomic mass is 9.44. The zero-order valence-corrected chi connectivity index (χ0v) is 16.9. The number of rotatable bonds is 7. The second-order valence-electron chi connectivity index (χ2n) is 9.81. The Kier molecular flexibility index (Phi) is 5.15. The summed E-state index contributed by atoms with van der Waals surface area (Å²) in [5, 5.41) is 0. The highest BCUT2D eigenvalue weighted by Gasteiger charge is 2.58. The molecule has 25 heavy (non-hydrogen) atoms. The fourth-order valence-electron chi connectivity index (χ4n) is 5.36. The second kappa shape index (κ2) is 6.89. The topological polar surface area (TPSA) is 17.1 Å². The van der Waals surface area contributed by atoms with Crippen molar-refractivity contribution in [3.63, 3.8) is 0 Å². The number of ketones is 1. The zero-order valence-electron chi connectivity index (χ0n) is 16.9. The van der Waals surface area contributed by atoms with Gasteiger partial charge in [0.25, 0.3) is 0 Å². The molecule has 0 spiro atoms. The molecular weight excluding hydrogens is 304 g/mol. The number of carbonyl (C=O) groups is 1. The van der Waals surface area contributed by atoms with Crippen LogP contribution in [0.3, 0.4) is 0 Å². The van der Waals surface area contributed by atoms with Gasteiger partial charge in [0.05, 0.1) is 0 Å². The molecule has 0 saturated heterocycles.